The summed E-state index contributed by atoms with van der Waals surface area (Å²) >= 11 is 0. The van der Waals surface area contributed by atoms with Gasteiger partial charge in [-0.05, 0) is 48.6 Å². The summed E-state index contributed by atoms with van der Waals surface area (Å²) < 4.78 is 0. The molecule has 0 spiro atoms. The zero-order chi connectivity index (χ0) is 10.3. The van der Waals surface area contributed by atoms with E-state index in [0.29, 0.717) is 5.92 Å². The summed E-state index contributed by atoms with van der Waals surface area (Å²) in [6.45, 7) is 8.82. The van der Waals surface area contributed by atoms with Crippen molar-refractivity contribution in [2.24, 2.45) is 0 Å². The van der Waals surface area contributed by atoms with Crippen LogP contribution in [0.4, 0.5) is 0 Å². The molecule has 1 nitrogen and oxygen atoms in total. The van der Waals surface area contributed by atoms with Crippen LogP contribution >= 0.6 is 0 Å². The van der Waals surface area contributed by atoms with E-state index in [1.807, 2.05) is 0 Å². The molecular formula is C13H17N. The molecule has 0 aliphatic rings. The molecule has 0 atom stereocenters. The summed E-state index contributed by atoms with van der Waals surface area (Å²) in [5.74, 6) is 0.600. The highest BCUT2D eigenvalue weighted by atomic mass is 14.7. The highest BCUT2D eigenvalue weighted by molar-refractivity contribution is 5.84. The Morgan fingerprint density at radius 2 is 1.79 bits per heavy atom. The maximum absolute atomic E-state index is 3.31. The molecule has 1 heteroatoms. The number of hydrogen-bond acceptors (Lipinski definition) is 0. The number of aryl methyl sites for hydroxylation is 2. The van der Waals surface area contributed by atoms with Gasteiger partial charge < -0.3 is 4.98 Å². The number of hydrogen-bond donors (Lipinski definition) is 1. The predicted molar refractivity (Wildman–Crippen MR) is 61.9 cm³/mol. The first-order chi connectivity index (χ1) is 6.59. The molecule has 74 valence electrons. The molecule has 0 unspecified atom stereocenters. The van der Waals surface area contributed by atoms with E-state index >= 15 is 0 Å². The van der Waals surface area contributed by atoms with Crippen molar-refractivity contribution in [3.63, 3.8) is 0 Å². The number of H-pyrrole nitrogens is 1. The van der Waals surface area contributed by atoms with Crippen LogP contribution in [0, 0.1) is 13.8 Å². The topological polar surface area (TPSA) is 15.8 Å². The Bertz CT molecular complexity index is 463. The lowest BCUT2D eigenvalue weighted by molar-refractivity contribution is 0.858. The largest absolute Gasteiger partial charge is 0.361 e. The van der Waals surface area contributed by atoms with Crippen LogP contribution in [-0.4, -0.2) is 4.98 Å². The minimum atomic E-state index is 0.600. The minimum absolute atomic E-state index is 0.600. The van der Waals surface area contributed by atoms with E-state index in [4.69, 9.17) is 0 Å². The Morgan fingerprint density at radius 3 is 2.43 bits per heavy atom. The summed E-state index contributed by atoms with van der Waals surface area (Å²) in [6, 6.07) is 4.57. The second-order valence-electron chi connectivity index (χ2n) is 4.38. The van der Waals surface area contributed by atoms with Crippen LogP contribution < -0.4 is 0 Å². The minimum Gasteiger partial charge on any atom is -0.361 e. The molecular weight excluding hydrogens is 170 g/mol. The molecule has 0 saturated heterocycles. The Balaban J connectivity index is 2.72. The molecule has 1 aromatic carbocycles. The van der Waals surface area contributed by atoms with Crippen molar-refractivity contribution in [1.29, 1.82) is 0 Å². The third kappa shape index (κ3) is 1.33. The Morgan fingerprint density at radius 1 is 1.07 bits per heavy atom. The van der Waals surface area contributed by atoms with Gasteiger partial charge in [-0.2, -0.15) is 0 Å². The monoisotopic (exact) mass is 187 g/mol. The lowest BCUT2D eigenvalue weighted by atomic mass is 9.96. The maximum Gasteiger partial charge on any atom is 0.0459 e. The average Bonchev–Trinajstić information content (AvgIpc) is 2.46. The van der Waals surface area contributed by atoms with Crippen molar-refractivity contribution in [3.05, 3.63) is 35.0 Å². The molecule has 0 saturated carbocycles. The lowest BCUT2D eigenvalue weighted by Crippen LogP contribution is -1.91. The molecule has 14 heavy (non-hydrogen) atoms. The molecule has 1 N–H and O–H groups in total. The molecule has 0 aliphatic carbocycles. The summed E-state index contributed by atoms with van der Waals surface area (Å²) in [7, 11) is 0. The second-order valence-corrected chi connectivity index (χ2v) is 4.38. The number of aromatic nitrogens is 1. The number of rotatable bonds is 1. The van der Waals surface area contributed by atoms with Gasteiger partial charge in [-0.25, -0.2) is 0 Å². The first kappa shape index (κ1) is 9.32. The summed E-state index contributed by atoms with van der Waals surface area (Å²) in [5, 5.41) is 1.35. The highest BCUT2D eigenvalue weighted by Gasteiger charge is 2.07. The highest BCUT2D eigenvalue weighted by Crippen LogP contribution is 2.26. The van der Waals surface area contributed by atoms with Crippen molar-refractivity contribution in [2.45, 2.75) is 33.6 Å². The van der Waals surface area contributed by atoms with Gasteiger partial charge in [0.25, 0.3) is 0 Å². The predicted octanol–water partition coefficient (Wildman–Crippen LogP) is 3.91. The second kappa shape index (κ2) is 3.16. The van der Waals surface area contributed by atoms with E-state index in [2.05, 4.69) is 51.0 Å². The molecule has 0 aliphatic heterocycles. The third-order valence-corrected chi connectivity index (χ3v) is 2.90. The van der Waals surface area contributed by atoms with Crippen LogP contribution in [0.2, 0.25) is 0 Å². The van der Waals surface area contributed by atoms with Crippen LogP contribution in [0.15, 0.2) is 18.3 Å². The van der Waals surface area contributed by atoms with Crippen molar-refractivity contribution in [3.8, 4) is 0 Å². The molecule has 0 bridgehead atoms. The van der Waals surface area contributed by atoms with Crippen LogP contribution in [0.1, 0.15) is 36.5 Å². The van der Waals surface area contributed by atoms with Crippen LogP contribution in [0.3, 0.4) is 0 Å². The molecule has 0 radical (unpaired) electrons. The van der Waals surface area contributed by atoms with Gasteiger partial charge >= 0.3 is 0 Å². The normalized spacial score (nSPS) is 11.5. The number of fused-ring (bicyclic) bond motifs is 1. The van der Waals surface area contributed by atoms with E-state index in [-0.39, 0.29) is 0 Å². The third-order valence-electron chi connectivity index (χ3n) is 2.90. The lowest BCUT2D eigenvalue weighted by Gasteiger charge is -2.09. The van der Waals surface area contributed by atoms with Gasteiger partial charge in [-0.1, -0.05) is 13.8 Å². The Hall–Kier alpha value is -1.24. The number of nitrogens with one attached hydrogen (secondary N) is 1. The smallest absolute Gasteiger partial charge is 0.0459 e. The van der Waals surface area contributed by atoms with Gasteiger partial charge in [0.05, 0.1) is 0 Å². The molecule has 2 rings (SSSR count). The summed E-state index contributed by atoms with van der Waals surface area (Å²) in [4.78, 5) is 3.31. The van der Waals surface area contributed by atoms with Gasteiger partial charge in [0.15, 0.2) is 0 Å². The molecule has 1 heterocycles. The molecule has 0 amide bonds. The fraction of sp³-hybridized carbons (Fsp3) is 0.385. The Kier molecular flexibility index (Phi) is 2.10. The van der Waals surface area contributed by atoms with E-state index in [0.717, 1.165) is 0 Å². The van der Waals surface area contributed by atoms with E-state index in [1.165, 1.54) is 27.6 Å². The zero-order valence-corrected chi connectivity index (χ0v) is 9.31. The fourth-order valence-electron chi connectivity index (χ4n) is 2.06. The van der Waals surface area contributed by atoms with Gasteiger partial charge in [0, 0.05) is 17.1 Å². The van der Waals surface area contributed by atoms with Crippen LogP contribution in [0.25, 0.3) is 10.9 Å². The standard InChI is InChI=1S/C13H17N/c1-8(2)11-6-13-12(5-9(11)3)10(4)7-14-13/h5-8,14H,1-4H3. The van der Waals surface area contributed by atoms with E-state index in [1.54, 1.807) is 0 Å². The quantitative estimate of drug-likeness (QED) is 0.696. The number of aromatic amines is 1. The van der Waals surface area contributed by atoms with Crippen LogP contribution in [0.5, 0.6) is 0 Å². The van der Waals surface area contributed by atoms with Crippen LogP contribution in [-0.2, 0) is 0 Å². The van der Waals surface area contributed by atoms with Gasteiger partial charge in [0.1, 0.15) is 0 Å². The first-order valence-electron chi connectivity index (χ1n) is 5.18. The van der Waals surface area contributed by atoms with Crippen molar-refractivity contribution in [1.82, 2.24) is 4.98 Å². The van der Waals surface area contributed by atoms with E-state index < -0.39 is 0 Å². The SMILES string of the molecule is Cc1cc2c(C)c[nH]c2cc1C(C)C. The fourth-order valence-corrected chi connectivity index (χ4v) is 2.06. The molecule has 0 fully saturated rings. The summed E-state index contributed by atoms with van der Waals surface area (Å²) in [5.41, 5.74) is 5.43. The average molecular weight is 187 g/mol. The summed E-state index contributed by atoms with van der Waals surface area (Å²) in [6.07, 6.45) is 2.08. The van der Waals surface area contributed by atoms with Gasteiger partial charge in [0.2, 0.25) is 0 Å². The van der Waals surface area contributed by atoms with Crippen molar-refractivity contribution in [2.75, 3.05) is 0 Å². The Labute approximate surface area is 85.1 Å². The van der Waals surface area contributed by atoms with Gasteiger partial charge in [-0.3, -0.25) is 0 Å². The maximum atomic E-state index is 3.31. The molecule has 2 aromatic rings. The van der Waals surface area contributed by atoms with Crippen molar-refractivity contribution >= 4 is 10.9 Å². The first-order valence-corrected chi connectivity index (χ1v) is 5.18. The van der Waals surface area contributed by atoms with Crippen molar-refractivity contribution < 1.29 is 0 Å². The van der Waals surface area contributed by atoms with Gasteiger partial charge in [-0.15, -0.1) is 0 Å². The molecule has 1 aromatic heterocycles. The number of benzene rings is 1. The van der Waals surface area contributed by atoms with E-state index in [9.17, 15) is 0 Å². The zero-order valence-electron chi connectivity index (χ0n) is 9.31.